The number of hydrogen-bond acceptors (Lipinski definition) is 1. The predicted molar refractivity (Wildman–Crippen MR) is 58.3 cm³/mol. The SMILES string of the molecule is C=CCCCCC(CC=C)O[SiH3]. The smallest absolute Gasteiger partial charge is 0.146 e. The molecule has 0 radical (unpaired) electrons. The van der Waals surface area contributed by atoms with E-state index in [-0.39, 0.29) is 0 Å². The van der Waals surface area contributed by atoms with Gasteiger partial charge < -0.3 is 4.43 Å². The van der Waals surface area contributed by atoms with Gasteiger partial charge in [-0.2, -0.15) is 0 Å². The van der Waals surface area contributed by atoms with Crippen molar-refractivity contribution in [2.45, 2.75) is 38.2 Å². The van der Waals surface area contributed by atoms with E-state index in [1.165, 1.54) is 19.3 Å². The number of allylic oxidation sites excluding steroid dienone is 1. The van der Waals surface area contributed by atoms with Gasteiger partial charge in [0, 0.05) is 6.10 Å². The van der Waals surface area contributed by atoms with E-state index >= 15 is 0 Å². The first-order valence-electron chi connectivity index (χ1n) is 4.59. The van der Waals surface area contributed by atoms with Crippen molar-refractivity contribution in [3.8, 4) is 0 Å². The molecule has 0 aromatic rings. The minimum Gasteiger partial charge on any atom is -0.425 e. The van der Waals surface area contributed by atoms with Crippen LogP contribution in [0.15, 0.2) is 25.3 Å². The summed E-state index contributed by atoms with van der Waals surface area (Å²) in [6.07, 6.45) is 10.1. The normalized spacial score (nSPS) is 12.7. The zero-order valence-corrected chi connectivity index (χ0v) is 10.1. The van der Waals surface area contributed by atoms with Crippen molar-refractivity contribution in [1.29, 1.82) is 0 Å². The van der Waals surface area contributed by atoms with Crippen molar-refractivity contribution >= 4 is 10.5 Å². The Morgan fingerprint density at radius 2 is 2.00 bits per heavy atom. The van der Waals surface area contributed by atoms with E-state index in [1.807, 2.05) is 12.2 Å². The quantitative estimate of drug-likeness (QED) is 0.318. The maximum atomic E-state index is 5.41. The van der Waals surface area contributed by atoms with Crippen LogP contribution in [0, 0.1) is 0 Å². The molecule has 0 aromatic carbocycles. The maximum Gasteiger partial charge on any atom is 0.146 e. The van der Waals surface area contributed by atoms with Crippen LogP contribution in [0.25, 0.3) is 0 Å². The molecule has 0 bridgehead atoms. The molecule has 0 fully saturated rings. The summed E-state index contributed by atoms with van der Waals surface area (Å²) < 4.78 is 5.41. The van der Waals surface area contributed by atoms with Gasteiger partial charge in [-0.15, -0.1) is 13.2 Å². The fourth-order valence-corrected chi connectivity index (χ4v) is 1.61. The molecule has 12 heavy (non-hydrogen) atoms. The summed E-state index contributed by atoms with van der Waals surface area (Å²) >= 11 is 0. The van der Waals surface area contributed by atoms with Crippen LogP contribution in [-0.2, 0) is 4.43 Å². The Bertz CT molecular complexity index is 123. The van der Waals surface area contributed by atoms with Gasteiger partial charge in [0.15, 0.2) is 0 Å². The van der Waals surface area contributed by atoms with E-state index < -0.39 is 0 Å². The van der Waals surface area contributed by atoms with E-state index in [4.69, 9.17) is 4.43 Å². The van der Waals surface area contributed by atoms with E-state index in [0.29, 0.717) is 6.10 Å². The van der Waals surface area contributed by atoms with Crippen LogP contribution in [0.1, 0.15) is 32.1 Å². The molecular weight excluding hydrogens is 164 g/mol. The standard InChI is InChI=1S/C10H20OSi/c1-3-5-6-7-9-10(11-12)8-4-2/h3-4,10H,1-2,5-9H2,12H3. The first-order valence-corrected chi connectivity index (χ1v) is 5.41. The lowest BCUT2D eigenvalue weighted by Gasteiger charge is -2.12. The molecule has 0 aliphatic carbocycles. The van der Waals surface area contributed by atoms with Crippen LogP contribution in [0.3, 0.4) is 0 Å². The summed E-state index contributed by atoms with van der Waals surface area (Å²) in [6, 6.07) is 0. The molecule has 0 aromatic heterocycles. The minimum absolute atomic E-state index is 0.430. The Labute approximate surface area is 79.1 Å². The average Bonchev–Trinajstić information content (AvgIpc) is 2.10. The second-order valence-electron chi connectivity index (χ2n) is 2.96. The van der Waals surface area contributed by atoms with Crippen LogP contribution < -0.4 is 0 Å². The summed E-state index contributed by atoms with van der Waals surface area (Å²) in [7, 11) is 0.838. The average molecular weight is 184 g/mol. The van der Waals surface area contributed by atoms with Gasteiger partial charge in [0.25, 0.3) is 0 Å². The number of unbranched alkanes of at least 4 members (excludes halogenated alkanes) is 2. The Morgan fingerprint density at radius 3 is 2.50 bits per heavy atom. The fourth-order valence-electron chi connectivity index (χ4n) is 1.18. The van der Waals surface area contributed by atoms with Gasteiger partial charge in [0.1, 0.15) is 10.5 Å². The number of hydrogen-bond donors (Lipinski definition) is 0. The fraction of sp³-hybridized carbons (Fsp3) is 0.600. The molecule has 1 nitrogen and oxygen atoms in total. The molecule has 0 N–H and O–H groups in total. The summed E-state index contributed by atoms with van der Waals surface area (Å²) in [5.41, 5.74) is 0. The Kier molecular flexibility index (Phi) is 8.50. The van der Waals surface area contributed by atoms with Crippen molar-refractivity contribution in [3.63, 3.8) is 0 Å². The highest BCUT2D eigenvalue weighted by molar-refractivity contribution is 5.98. The van der Waals surface area contributed by atoms with Gasteiger partial charge in [-0.05, 0) is 25.7 Å². The molecule has 0 amide bonds. The molecule has 0 saturated carbocycles. The van der Waals surface area contributed by atoms with Crippen molar-refractivity contribution in [2.24, 2.45) is 0 Å². The van der Waals surface area contributed by atoms with Crippen LogP contribution in [0.4, 0.5) is 0 Å². The number of rotatable bonds is 8. The van der Waals surface area contributed by atoms with Crippen LogP contribution in [0.5, 0.6) is 0 Å². The Balaban J connectivity index is 3.30. The van der Waals surface area contributed by atoms with E-state index in [9.17, 15) is 0 Å². The first-order chi connectivity index (χ1) is 5.85. The monoisotopic (exact) mass is 184 g/mol. The third-order valence-corrected chi connectivity index (χ3v) is 2.61. The zero-order valence-electron chi connectivity index (χ0n) is 8.09. The Morgan fingerprint density at radius 1 is 1.25 bits per heavy atom. The van der Waals surface area contributed by atoms with Crippen molar-refractivity contribution in [3.05, 3.63) is 25.3 Å². The topological polar surface area (TPSA) is 9.23 Å². The second kappa shape index (κ2) is 8.75. The lowest BCUT2D eigenvalue weighted by Crippen LogP contribution is -2.09. The van der Waals surface area contributed by atoms with E-state index in [2.05, 4.69) is 13.2 Å². The molecule has 0 saturated heterocycles. The van der Waals surface area contributed by atoms with E-state index in [0.717, 1.165) is 23.3 Å². The summed E-state index contributed by atoms with van der Waals surface area (Å²) in [5, 5.41) is 0. The second-order valence-corrected chi connectivity index (χ2v) is 3.43. The molecule has 0 aliphatic heterocycles. The lowest BCUT2D eigenvalue weighted by molar-refractivity contribution is 0.209. The molecule has 1 unspecified atom stereocenters. The summed E-state index contributed by atoms with van der Waals surface area (Å²) in [5.74, 6) is 0. The molecule has 0 rings (SSSR count). The van der Waals surface area contributed by atoms with Crippen molar-refractivity contribution in [2.75, 3.05) is 0 Å². The third-order valence-electron chi connectivity index (χ3n) is 1.95. The van der Waals surface area contributed by atoms with Gasteiger partial charge >= 0.3 is 0 Å². The van der Waals surface area contributed by atoms with Crippen molar-refractivity contribution < 1.29 is 4.43 Å². The minimum atomic E-state index is 0.430. The molecule has 1 atom stereocenters. The predicted octanol–water partition coefficient (Wildman–Crippen LogP) is 1.97. The van der Waals surface area contributed by atoms with Gasteiger partial charge in [0.05, 0.1) is 0 Å². The summed E-state index contributed by atoms with van der Waals surface area (Å²) in [4.78, 5) is 0. The highest BCUT2D eigenvalue weighted by Crippen LogP contribution is 2.09. The summed E-state index contributed by atoms with van der Waals surface area (Å²) in [6.45, 7) is 7.41. The zero-order chi connectivity index (χ0) is 9.23. The molecule has 0 aliphatic rings. The molecule has 70 valence electrons. The lowest BCUT2D eigenvalue weighted by atomic mass is 10.1. The van der Waals surface area contributed by atoms with Gasteiger partial charge in [0.2, 0.25) is 0 Å². The largest absolute Gasteiger partial charge is 0.425 e. The Hall–Kier alpha value is -0.343. The molecule has 0 spiro atoms. The van der Waals surface area contributed by atoms with Gasteiger partial charge in [-0.25, -0.2) is 0 Å². The van der Waals surface area contributed by atoms with Crippen LogP contribution >= 0.6 is 0 Å². The first kappa shape index (κ1) is 11.7. The molecule has 0 heterocycles. The highest BCUT2D eigenvalue weighted by atomic mass is 28.2. The van der Waals surface area contributed by atoms with Crippen LogP contribution in [-0.4, -0.2) is 16.6 Å². The van der Waals surface area contributed by atoms with Crippen molar-refractivity contribution in [1.82, 2.24) is 0 Å². The van der Waals surface area contributed by atoms with E-state index in [1.54, 1.807) is 0 Å². The third kappa shape index (κ3) is 6.37. The molecular formula is C10H20OSi. The molecule has 2 heteroatoms. The van der Waals surface area contributed by atoms with Crippen LogP contribution in [0.2, 0.25) is 0 Å². The highest BCUT2D eigenvalue weighted by Gasteiger charge is 2.02. The van der Waals surface area contributed by atoms with Gasteiger partial charge in [-0.1, -0.05) is 18.6 Å². The van der Waals surface area contributed by atoms with Gasteiger partial charge in [-0.3, -0.25) is 0 Å². The maximum absolute atomic E-state index is 5.41.